The van der Waals surface area contributed by atoms with Gasteiger partial charge in [0.15, 0.2) is 5.82 Å². The predicted octanol–water partition coefficient (Wildman–Crippen LogP) is 3.40. The Kier molecular flexibility index (Phi) is 3.81. The average Bonchev–Trinajstić information content (AvgIpc) is 3.08. The van der Waals surface area contributed by atoms with Gasteiger partial charge in [0.25, 0.3) is 0 Å². The molecule has 5 heteroatoms. The van der Waals surface area contributed by atoms with Crippen molar-refractivity contribution in [1.29, 1.82) is 0 Å². The molecule has 2 aromatic rings. The van der Waals surface area contributed by atoms with Crippen LogP contribution in [0.25, 0.3) is 0 Å². The molecule has 1 aliphatic rings. The average molecular weight is 289 g/mol. The normalized spacial score (nSPS) is 17.5. The molecule has 1 aromatic carbocycles. The Hall–Kier alpha value is -1.33. The van der Waals surface area contributed by atoms with Crippen LogP contribution >= 0.6 is 11.8 Å². The van der Waals surface area contributed by atoms with E-state index in [-0.39, 0.29) is 5.54 Å². The number of hydrogen-bond acceptors (Lipinski definition) is 5. The maximum atomic E-state index is 6.31. The molecular weight excluding hydrogens is 270 g/mol. The fourth-order valence-electron chi connectivity index (χ4n) is 2.52. The fourth-order valence-corrected chi connectivity index (χ4v) is 3.26. The predicted molar refractivity (Wildman–Crippen MR) is 79.4 cm³/mol. The molecule has 4 nitrogen and oxygen atoms in total. The van der Waals surface area contributed by atoms with Crippen LogP contribution in [0.3, 0.4) is 0 Å². The molecule has 0 bridgehead atoms. The number of rotatable bonds is 4. The third kappa shape index (κ3) is 2.88. The Morgan fingerprint density at radius 2 is 1.95 bits per heavy atom. The number of benzene rings is 1. The molecule has 1 heterocycles. The van der Waals surface area contributed by atoms with Crippen LogP contribution in [0.4, 0.5) is 0 Å². The van der Waals surface area contributed by atoms with Gasteiger partial charge in [-0.15, -0.1) is 11.8 Å². The van der Waals surface area contributed by atoms with E-state index in [1.165, 1.54) is 10.5 Å². The summed E-state index contributed by atoms with van der Waals surface area (Å²) in [6.07, 6.45) is 4.18. The highest BCUT2D eigenvalue weighted by Gasteiger charge is 2.36. The Morgan fingerprint density at radius 3 is 2.65 bits per heavy atom. The van der Waals surface area contributed by atoms with Gasteiger partial charge >= 0.3 is 0 Å². The lowest BCUT2D eigenvalue weighted by Gasteiger charge is -2.17. The molecule has 0 unspecified atom stereocenters. The van der Waals surface area contributed by atoms with Crippen molar-refractivity contribution >= 4 is 11.8 Å². The van der Waals surface area contributed by atoms with E-state index in [4.69, 9.17) is 10.3 Å². The highest BCUT2D eigenvalue weighted by molar-refractivity contribution is 7.98. The number of hydrogen-bond donors (Lipinski definition) is 1. The van der Waals surface area contributed by atoms with Crippen LogP contribution in [0.2, 0.25) is 0 Å². The zero-order chi connectivity index (χ0) is 14.0. The standard InChI is InChI=1S/C15H19N3OS/c1-11-4-6-12(7-5-11)20-10-13-17-14(19-18-13)15(16)8-2-3-9-15/h4-7H,2-3,8-10,16H2,1H3. The van der Waals surface area contributed by atoms with E-state index in [9.17, 15) is 0 Å². The first-order valence-electron chi connectivity index (χ1n) is 6.97. The van der Waals surface area contributed by atoms with Crippen molar-refractivity contribution in [3.05, 3.63) is 41.5 Å². The van der Waals surface area contributed by atoms with Crippen LogP contribution in [0.1, 0.15) is 43.0 Å². The summed E-state index contributed by atoms with van der Waals surface area (Å²) < 4.78 is 5.36. The van der Waals surface area contributed by atoms with E-state index in [1.807, 2.05) is 0 Å². The van der Waals surface area contributed by atoms with Crippen LogP contribution < -0.4 is 5.73 Å². The highest BCUT2D eigenvalue weighted by atomic mass is 32.2. The molecule has 1 aliphatic carbocycles. The maximum Gasteiger partial charge on any atom is 0.246 e. The summed E-state index contributed by atoms with van der Waals surface area (Å²) >= 11 is 1.71. The molecule has 1 fully saturated rings. The van der Waals surface area contributed by atoms with E-state index < -0.39 is 0 Å². The minimum absolute atomic E-state index is 0.389. The van der Waals surface area contributed by atoms with Crippen molar-refractivity contribution in [2.24, 2.45) is 5.73 Å². The van der Waals surface area contributed by atoms with Gasteiger partial charge in [-0.1, -0.05) is 35.7 Å². The Labute approximate surface area is 123 Å². The van der Waals surface area contributed by atoms with Crippen molar-refractivity contribution in [2.75, 3.05) is 0 Å². The number of aryl methyl sites for hydroxylation is 1. The fraction of sp³-hybridized carbons (Fsp3) is 0.467. The highest BCUT2D eigenvalue weighted by Crippen LogP contribution is 2.35. The summed E-state index contributed by atoms with van der Waals surface area (Å²) in [4.78, 5) is 5.69. The number of nitrogens with zero attached hydrogens (tertiary/aromatic N) is 2. The van der Waals surface area contributed by atoms with Crippen LogP contribution in [0, 0.1) is 6.92 Å². The minimum atomic E-state index is -0.389. The van der Waals surface area contributed by atoms with Crippen molar-refractivity contribution in [2.45, 2.75) is 48.8 Å². The lowest BCUT2D eigenvalue weighted by atomic mass is 10.00. The van der Waals surface area contributed by atoms with Crippen LogP contribution in [-0.2, 0) is 11.3 Å². The van der Waals surface area contributed by atoms with Gasteiger partial charge in [-0.3, -0.25) is 0 Å². The van der Waals surface area contributed by atoms with Gasteiger partial charge in [-0.2, -0.15) is 4.98 Å². The molecule has 0 radical (unpaired) electrons. The van der Waals surface area contributed by atoms with E-state index >= 15 is 0 Å². The van der Waals surface area contributed by atoms with Gasteiger partial charge < -0.3 is 10.3 Å². The molecule has 0 spiro atoms. The van der Waals surface area contributed by atoms with Gasteiger partial charge in [0, 0.05) is 4.90 Å². The van der Waals surface area contributed by atoms with E-state index in [0.29, 0.717) is 11.6 Å². The third-order valence-electron chi connectivity index (χ3n) is 3.78. The zero-order valence-electron chi connectivity index (χ0n) is 11.6. The number of thioether (sulfide) groups is 1. The van der Waals surface area contributed by atoms with Crippen molar-refractivity contribution < 1.29 is 4.52 Å². The Balaban J connectivity index is 1.64. The van der Waals surface area contributed by atoms with E-state index in [1.54, 1.807) is 11.8 Å². The second kappa shape index (κ2) is 5.58. The molecule has 0 aliphatic heterocycles. The Morgan fingerprint density at radius 1 is 1.25 bits per heavy atom. The molecule has 2 N–H and O–H groups in total. The molecule has 1 aromatic heterocycles. The monoisotopic (exact) mass is 289 g/mol. The number of nitrogens with two attached hydrogens (primary N) is 1. The summed E-state index contributed by atoms with van der Waals surface area (Å²) in [5, 5.41) is 4.05. The van der Waals surface area contributed by atoms with Crippen molar-refractivity contribution in [1.82, 2.24) is 10.1 Å². The smallest absolute Gasteiger partial charge is 0.246 e. The maximum absolute atomic E-state index is 6.31. The molecule has 0 atom stereocenters. The number of aromatic nitrogens is 2. The van der Waals surface area contributed by atoms with Gasteiger partial charge in [-0.05, 0) is 31.9 Å². The van der Waals surface area contributed by atoms with Gasteiger partial charge in [0.2, 0.25) is 5.89 Å². The summed E-state index contributed by atoms with van der Waals surface area (Å²) in [6.45, 7) is 2.09. The first kappa shape index (κ1) is 13.6. The third-order valence-corrected chi connectivity index (χ3v) is 4.79. The minimum Gasteiger partial charge on any atom is -0.337 e. The lowest BCUT2D eigenvalue weighted by Crippen LogP contribution is -2.33. The largest absolute Gasteiger partial charge is 0.337 e. The first-order chi connectivity index (χ1) is 9.66. The lowest BCUT2D eigenvalue weighted by molar-refractivity contribution is 0.284. The Bertz CT molecular complexity index is 573. The second-order valence-corrected chi connectivity index (χ2v) is 6.53. The van der Waals surface area contributed by atoms with Crippen LogP contribution in [0.15, 0.2) is 33.7 Å². The van der Waals surface area contributed by atoms with Gasteiger partial charge in [0.05, 0.1) is 11.3 Å². The van der Waals surface area contributed by atoms with Crippen molar-refractivity contribution in [3.63, 3.8) is 0 Å². The summed E-state index contributed by atoms with van der Waals surface area (Å²) in [5.74, 6) is 2.04. The summed E-state index contributed by atoms with van der Waals surface area (Å²) in [7, 11) is 0. The SMILES string of the molecule is Cc1ccc(SCc2noc(C3(N)CCCC3)n2)cc1. The van der Waals surface area contributed by atoms with E-state index in [0.717, 1.165) is 31.5 Å². The van der Waals surface area contributed by atoms with Gasteiger partial charge in [0.1, 0.15) is 0 Å². The first-order valence-corrected chi connectivity index (χ1v) is 7.96. The van der Waals surface area contributed by atoms with Gasteiger partial charge in [-0.25, -0.2) is 0 Å². The summed E-state index contributed by atoms with van der Waals surface area (Å²) in [6, 6.07) is 8.44. The van der Waals surface area contributed by atoms with Crippen LogP contribution in [-0.4, -0.2) is 10.1 Å². The van der Waals surface area contributed by atoms with Crippen LogP contribution in [0.5, 0.6) is 0 Å². The molecule has 20 heavy (non-hydrogen) atoms. The quantitative estimate of drug-likeness (QED) is 0.874. The molecule has 3 rings (SSSR count). The molecule has 106 valence electrons. The zero-order valence-corrected chi connectivity index (χ0v) is 12.4. The summed E-state index contributed by atoms with van der Waals surface area (Å²) in [5.41, 5.74) is 7.19. The molecule has 0 saturated heterocycles. The topological polar surface area (TPSA) is 64.9 Å². The van der Waals surface area contributed by atoms with Crippen molar-refractivity contribution in [3.8, 4) is 0 Å². The van der Waals surface area contributed by atoms with E-state index in [2.05, 4.69) is 41.3 Å². The molecular formula is C15H19N3OS. The molecule has 0 amide bonds. The second-order valence-electron chi connectivity index (χ2n) is 5.48. The molecule has 1 saturated carbocycles.